The van der Waals surface area contributed by atoms with Gasteiger partial charge in [0, 0.05) is 16.5 Å². The smallest absolute Gasteiger partial charge is 0.357 e. The number of hydrogen-bond donors (Lipinski definition) is 1. The highest BCUT2D eigenvalue weighted by atomic mass is 32.1. The Bertz CT molecular complexity index is 898. The molecule has 0 aliphatic heterocycles. The molecule has 0 unspecified atom stereocenters. The molecule has 0 amide bonds. The number of nitrogens with zero attached hydrogens (tertiary/aromatic N) is 3. The van der Waals surface area contributed by atoms with E-state index in [0.717, 1.165) is 9.88 Å². The SMILES string of the molecule is Cc1ncc(Cn2nc(C(=O)O)c3ccccc3c2=O)s1. The van der Waals surface area contributed by atoms with Crippen molar-refractivity contribution in [3.05, 3.63) is 56.4 Å². The van der Waals surface area contributed by atoms with Gasteiger partial charge < -0.3 is 5.11 Å². The van der Waals surface area contributed by atoms with Crippen molar-refractivity contribution < 1.29 is 9.90 Å². The van der Waals surface area contributed by atoms with E-state index in [2.05, 4.69) is 10.1 Å². The van der Waals surface area contributed by atoms with Gasteiger partial charge in [0.15, 0.2) is 5.69 Å². The number of aryl methyl sites for hydroxylation is 1. The quantitative estimate of drug-likeness (QED) is 0.798. The van der Waals surface area contributed by atoms with Crippen LogP contribution in [0.5, 0.6) is 0 Å². The van der Waals surface area contributed by atoms with Gasteiger partial charge in [0.1, 0.15) is 0 Å². The molecule has 0 saturated heterocycles. The Balaban J connectivity index is 2.21. The van der Waals surface area contributed by atoms with Crippen LogP contribution in [0.4, 0.5) is 0 Å². The fourth-order valence-corrected chi connectivity index (χ4v) is 2.90. The Morgan fingerprint density at radius 1 is 1.33 bits per heavy atom. The number of carboxylic acids is 1. The molecule has 0 bridgehead atoms. The van der Waals surface area contributed by atoms with Gasteiger partial charge >= 0.3 is 5.97 Å². The summed E-state index contributed by atoms with van der Waals surface area (Å²) < 4.78 is 1.18. The van der Waals surface area contributed by atoms with Crippen LogP contribution >= 0.6 is 11.3 Å². The number of rotatable bonds is 3. The molecule has 0 spiro atoms. The third-order valence-electron chi connectivity index (χ3n) is 3.05. The topological polar surface area (TPSA) is 85.1 Å². The van der Waals surface area contributed by atoms with Crippen molar-refractivity contribution in [2.24, 2.45) is 0 Å². The summed E-state index contributed by atoms with van der Waals surface area (Å²) in [5.41, 5.74) is -0.423. The summed E-state index contributed by atoms with van der Waals surface area (Å²) in [6.45, 7) is 2.09. The monoisotopic (exact) mass is 301 g/mol. The maximum absolute atomic E-state index is 12.4. The first-order valence-corrected chi connectivity index (χ1v) is 7.02. The Kier molecular flexibility index (Phi) is 3.26. The van der Waals surface area contributed by atoms with E-state index in [9.17, 15) is 14.7 Å². The molecule has 0 aliphatic carbocycles. The predicted molar refractivity (Wildman–Crippen MR) is 78.9 cm³/mol. The minimum atomic E-state index is -1.15. The minimum absolute atomic E-state index is 0.119. The van der Waals surface area contributed by atoms with Crippen LogP contribution in [0.15, 0.2) is 35.3 Å². The molecule has 0 atom stereocenters. The van der Waals surface area contributed by atoms with E-state index in [1.807, 2.05) is 6.92 Å². The Morgan fingerprint density at radius 2 is 2.05 bits per heavy atom. The number of carboxylic acid groups (broad SMARTS) is 1. The third kappa shape index (κ3) is 2.43. The molecule has 1 aromatic carbocycles. The van der Waals surface area contributed by atoms with Gasteiger partial charge in [0.05, 0.1) is 16.9 Å². The second-order valence-corrected chi connectivity index (χ2v) is 5.83. The lowest BCUT2D eigenvalue weighted by Gasteiger charge is -2.07. The third-order valence-corrected chi connectivity index (χ3v) is 3.94. The maximum atomic E-state index is 12.4. The van der Waals surface area contributed by atoms with Crippen molar-refractivity contribution in [3.63, 3.8) is 0 Å². The number of aromatic nitrogens is 3. The van der Waals surface area contributed by atoms with Crippen LogP contribution in [0.3, 0.4) is 0 Å². The van der Waals surface area contributed by atoms with E-state index in [0.29, 0.717) is 10.8 Å². The van der Waals surface area contributed by atoms with E-state index < -0.39 is 5.97 Å². The van der Waals surface area contributed by atoms with Gasteiger partial charge in [-0.25, -0.2) is 14.5 Å². The van der Waals surface area contributed by atoms with Gasteiger partial charge in [0.25, 0.3) is 5.56 Å². The highest BCUT2D eigenvalue weighted by Crippen LogP contribution is 2.15. The number of hydrogen-bond acceptors (Lipinski definition) is 5. The van der Waals surface area contributed by atoms with Crippen LogP contribution in [-0.2, 0) is 6.54 Å². The number of thiazole rings is 1. The minimum Gasteiger partial charge on any atom is -0.476 e. The zero-order valence-electron chi connectivity index (χ0n) is 11.1. The van der Waals surface area contributed by atoms with Crippen molar-refractivity contribution in [3.8, 4) is 0 Å². The molecule has 2 heterocycles. The van der Waals surface area contributed by atoms with Gasteiger partial charge in [-0.3, -0.25) is 4.79 Å². The van der Waals surface area contributed by atoms with Crippen LogP contribution in [-0.4, -0.2) is 25.8 Å². The summed E-state index contributed by atoms with van der Waals surface area (Å²) in [6.07, 6.45) is 1.67. The van der Waals surface area contributed by atoms with Crippen molar-refractivity contribution in [1.29, 1.82) is 0 Å². The second-order valence-electron chi connectivity index (χ2n) is 4.51. The van der Waals surface area contributed by atoms with Crippen LogP contribution < -0.4 is 5.56 Å². The molecule has 1 N–H and O–H groups in total. The maximum Gasteiger partial charge on any atom is 0.357 e. The summed E-state index contributed by atoms with van der Waals surface area (Å²) >= 11 is 1.45. The van der Waals surface area contributed by atoms with E-state index in [1.165, 1.54) is 16.0 Å². The fraction of sp³-hybridized carbons (Fsp3) is 0.143. The molecule has 3 aromatic rings. The van der Waals surface area contributed by atoms with Crippen molar-refractivity contribution >= 4 is 28.1 Å². The normalized spacial score (nSPS) is 10.9. The van der Waals surface area contributed by atoms with Gasteiger partial charge in [-0.05, 0) is 13.0 Å². The highest BCUT2D eigenvalue weighted by Gasteiger charge is 2.16. The fourth-order valence-electron chi connectivity index (χ4n) is 2.13. The molecule has 0 radical (unpaired) electrons. The summed E-state index contributed by atoms with van der Waals surface area (Å²) in [5.74, 6) is -1.15. The first-order chi connectivity index (χ1) is 10.1. The average molecular weight is 301 g/mol. The molecular weight excluding hydrogens is 290 g/mol. The molecule has 0 aliphatic rings. The van der Waals surface area contributed by atoms with Crippen LogP contribution in [0, 0.1) is 6.92 Å². The van der Waals surface area contributed by atoms with E-state index >= 15 is 0 Å². The van der Waals surface area contributed by atoms with E-state index in [1.54, 1.807) is 30.5 Å². The van der Waals surface area contributed by atoms with E-state index in [4.69, 9.17) is 0 Å². The largest absolute Gasteiger partial charge is 0.476 e. The van der Waals surface area contributed by atoms with Gasteiger partial charge in [-0.2, -0.15) is 5.10 Å². The number of aromatic carboxylic acids is 1. The average Bonchev–Trinajstić information content (AvgIpc) is 2.87. The van der Waals surface area contributed by atoms with Gasteiger partial charge in [-0.1, -0.05) is 18.2 Å². The van der Waals surface area contributed by atoms with Crippen molar-refractivity contribution in [1.82, 2.24) is 14.8 Å². The van der Waals surface area contributed by atoms with E-state index in [-0.39, 0.29) is 17.8 Å². The van der Waals surface area contributed by atoms with Crippen LogP contribution in [0.25, 0.3) is 10.8 Å². The standard InChI is InChI=1S/C14H11N3O3S/c1-8-15-6-9(21-8)7-17-13(18)11-5-3-2-4-10(11)12(16-17)14(19)20/h2-6H,7H2,1H3,(H,19,20). The van der Waals surface area contributed by atoms with Crippen LogP contribution in [0.1, 0.15) is 20.4 Å². The first kappa shape index (κ1) is 13.4. The zero-order chi connectivity index (χ0) is 15.0. The number of benzene rings is 1. The lowest BCUT2D eigenvalue weighted by molar-refractivity contribution is 0.0690. The molecule has 3 rings (SSSR count). The molecular formula is C14H11N3O3S. The molecule has 2 aromatic heterocycles. The number of fused-ring (bicyclic) bond motifs is 1. The van der Waals surface area contributed by atoms with Gasteiger partial charge in [-0.15, -0.1) is 11.3 Å². The van der Waals surface area contributed by atoms with Crippen molar-refractivity contribution in [2.45, 2.75) is 13.5 Å². The highest BCUT2D eigenvalue weighted by molar-refractivity contribution is 7.11. The molecule has 21 heavy (non-hydrogen) atoms. The lowest BCUT2D eigenvalue weighted by atomic mass is 10.1. The second kappa shape index (κ2) is 5.10. The summed E-state index contributed by atoms with van der Waals surface area (Å²) in [5, 5.41) is 14.9. The molecule has 7 heteroatoms. The molecule has 0 saturated carbocycles. The Morgan fingerprint density at radius 3 is 2.67 bits per heavy atom. The van der Waals surface area contributed by atoms with Gasteiger partial charge in [0.2, 0.25) is 0 Å². The zero-order valence-corrected chi connectivity index (χ0v) is 11.9. The lowest BCUT2D eigenvalue weighted by Crippen LogP contribution is -2.26. The molecule has 106 valence electrons. The van der Waals surface area contributed by atoms with Crippen LogP contribution in [0.2, 0.25) is 0 Å². The Hall–Kier alpha value is -2.54. The summed E-state index contributed by atoms with van der Waals surface area (Å²) in [7, 11) is 0. The first-order valence-electron chi connectivity index (χ1n) is 6.20. The number of carbonyl (C=O) groups is 1. The predicted octanol–water partition coefficient (Wildman–Crippen LogP) is 1.91. The summed E-state index contributed by atoms with van der Waals surface area (Å²) in [6, 6.07) is 6.60. The summed E-state index contributed by atoms with van der Waals surface area (Å²) in [4.78, 5) is 28.7. The Labute approximate surface area is 123 Å². The van der Waals surface area contributed by atoms with Crippen molar-refractivity contribution in [2.75, 3.05) is 0 Å². The molecule has 0 fully saturated rings. The molecule has 6 nitrogen and oxygen atoms in total.